The van der Waals surface area contributed by atoms with Crippen molar-refractivity contribution >= 4 is 23.2 Å². The molecule has 1 nitrogen and oxygen atoms in total. The van der Waals surface area contributed by atoms with Crippen molar-refractivity contribution in [2.75, 3.05) is 0 Å². The third kappa shape index (κ3) is 1.99. The topological polar surface area (TPSA) is 20.2 Å². The molecule has 0 aliphatic heterocycles. The minimum atomic E-state index is -0.687. The van der Waals surface area contributed by atoms with Gasteiger partial charge in [0.25, 0.3) is 0 Å². The second-order valence-electron chi connectivity index (χ2n) is 3.26. The van der Waals surface area contributed by atoms with Crippen molar-refractivity contribution in [1.82, 2.24) is 0 Å². The van der Waals surface area contributed by atoms with E-state index in [4.69, 9.17) is 23.2 Å². The SMILES string of the molecule is Oc1c(F)cccc1-c1cc(Cl)ccc1Cl. The number of benzene rings is 2. The van der Waals surface area contributed by atoms with Gasteiger partial charge in [0.15, 0.2) is 11.6 Å². The molecule has 82 valence electrons. The molecule has 2 rings (SSSR count). The zero-order valence-electron chi connectivity index (χ0n) is 8.05. The van der Waals surface area contributed by atoms with Gasteiger partial charge in [0.2, 0.25) is 0 Å². The van der Waals surface area contributed by atoms with E-state index in [2.05, 4.69) is 0 Å². The highest BCUT2D eigenvalue weighted by Crippen LogP contribution is 2.36. The van der Waals surface area contributed by atoms with Crippen molar-refractivity contribution in [2.24, 2.45) is 0 Å². The first-order valence-corrected chi connectivity index (χ1v) is 5.28. The molecule has 0 aromatic heterocycles. The van der Waals surface area contributed by atoms with Crippen molar-refractivity contribution in [2.45, 2.75) is 0 Å². The first-order chi connectivity index (χ1) is 7.59. The van der Waals surface area contributed by atoms with Crippen LogP contribution in [-0.2, 0) is 0 Å². The summed E-state index contributed by atoms with van der Waals surface area (Å²) in [5.41, 5.74) is 0.832. The molecule has 0 saturated heterocycles. The Bertz CT molecular complexity index is 541. The molecule has 0 amide bonds. The lowest BCUT2D eigenvalue weighted by atomic mass is 10.0. The quantitative estimate of drug-likeness (QED) is 0.797. The summed E-state index contributed by atoms with van der Waals surface area (Å²) in [6.45, 7) is 0. The monoisotopic (exact) mass is 256 g/mol. The van der Waals surface area contributed by atoms with Crippen LogP contribution in [0.15, 0.2) is 36.4 Å². The van der Waals surface area contributed by atoms with Crippen LogP contribution in [-0.4, -0.2) is 5.11 Å². The molecule has 0 saturated carbocycles. The molecule has 2 aromatic carbocycles. The van der Waals surface area contributed by atoms with Crippen molar-refractivity contribution < 1.29 is 9.50 Å². The minimum absolute atomic E-state index is 0.326. The molecule has 0 unspecified atom stereocenters. The maximum Gasteiger partial charge on any atom is 0.165 e. The fraction of sp³-hybridized carbons (Fsp3) is 0. The first-order valence-electron chi connectivity index (χ1n) is 4.52. The molecule has 0 heterocycles. The molecule has 0 atom stereocenters. The van der Waals surface area contributed by atoms with Gasteiger partial charge in [-0.2, -0.15) is 0 Å². The summed E-state index contributed by atoms with van der Waals surface area (Å²) in [6.07, 6.45) is 0. The van der Waals surface area contributed by atoms with E-state index in [0.717, 1.165) is 0 Å². The highest BCUT2D eigenvalue weighted by atomic mass is 35.5. The van der Waals surface area contributed by atoms with Crippen LogP contribution in [0.25, 0.3) is 11.1 Å². The number of halogens is 3. The Hall–Kier alpha value is -1.25. The van der Waals surface area contributed by atoms with E-state index in [1.54, 1.807) is 24.3 Å². The molecular formula is C12H7Cl2FO. The van der Waals surface area contributed by atoms with Gasteiger partial charge in [-0.25, -0.2) is 4.39 Å². The van der Waals surface area contributed by atoms with Gasteiger partial charge in [-0.15, -0.1) is 0 Å². The van der Waals surface area contributed by atoms with Gasteiger partial charge in [-0.1, -0.05) is 35.3 Å². The van der Waals surface area contributed by atoms with Crippen LogP contribution in [0.5, 0.6) is 5.75 Å². The average molecular weight is 257 g/mol. The summed E-state index contributed by atoms with van der Waals surface area (Å²) in [5.74, 6) is -1.11. The summed E-state index contributed by atoms with van der Waals surface area (Å²) < 4.78 is 13.2. The number of hydrogen-bond acceptors (Lipinski definition) is 1. The lowest BCUT2D eigenvalue weighted by molar-refractivity contribution is 0.434. The predicted octanol–water partition coefficient (Wildman–Crippen LogP) is 4.51. The van der Waals surface area contributed by atoms with E-state index < -0.39 is 11.6 Å². The van der Waals surface area contributed by atoms with E-state index in [0.29, 0.717) is 21.2 Å². The van der Waals surface area contributed by atoms with Crippen molar-refractivity contribution in [3.63, 3.8) is 0 Å². The standard InChI is InChI=1S/C12H7Cl2FO/c13-7-4-5-10(14)9(6-7)8-2-1-3-11(15)12(8)16/h1-6,16H. The molecule has 0 fully saturated rings. The Morgan fingerprint density at radius 3 is 2.50 bits per heavy atom. The summed E-state index contributed by atoms with van der Waals surface area (Å²) in [7, 11) is 0. The van der Waals surface area contributed by atoms with Crippen molar-refractivity contribution in [1.29, 1.82) is 0 Å². The number of para-hydroxylation sites is 1. The smallest absolute Gasteiger partial charge is 0.165 e. The fourth-order valence-corrected chi connectivity index (χ4v) is 1.83. The highest BCUT2D eigenvalue weighted by molar-refractivity contribution is 6.35. The Morgan fingerprint density at radius 1 is 1.00 bits per heavy atom. The third-order valence-corrected chi connectivity index (χ3v) is 2.77. The molecule has 1 N–H and O–H groups in total. The predicted molar refractivity (Wildman–Crippen MR) is 63.5 cm³/mol. The van der Waals surface area contributed by atoms with E-state index in [-0.39, 0.29) is 0 Å². The van der Waals surface area contributed by atoms with Gasteiger partial charge in [-0.3, -0.25) is 0 Å². The van der Waals surface area contributed by atoms with E-state index in [1.807, 2.05) is 0 Å². The lowest BCUT2D eigenvalue weighted by Crippen LogP contribution is -1.84. The van der Waals surface area contributed by atoms with Crippen LogP contribution in [0.4, 0.5) is 4.39 Å². The van der Waals surface area contributed by atoms with Gasteiger partial charge in [0, 0.05) is 21.2 Å². The van der Waals surface area contributed by atoms with Gasteiger partial charge in [0.05, 0.1) is 0 Å². The maximum absolute atomic E-state index is 13.2. The minimum Gasteiger partial charge on any atom is -0.504 e. The number of hydrogen-bond donors (Lipinski definition) is 1. The van der Waals surface area contributed by atoms with Gasteiger partial charge in [-0.05, 0) is 24.3 Å². The van der Waals surface area contributed by atoms with Crippen LogP contribution in [0, 0.1) is 5.82 Å². The molecule has 16 heavy (non-hydrogen) atoms. The third-order valence-electron chi connectivity index (χ3n) is 2.21. The van der Waals surface area contributed by atoms with Crippen LogP contribution in [0.3, 0.4) is 0 Å². The van der Waals surface area contributed by atoms with E-state index >= 15 is 0 Å². The first kappa shape index (κ1) is 11.2. The van der Waals surface area contributed by atoms with Crippen LogP contribution in [0.1, 0.15) is 0 Å². The number of phenols is 1. The zero-order valence-corrected chi connectivity index (χ0v) is 9.56. The fourth-order valence-electron chi connectivity index (χ4n) is 1.44. The largest absolute Gasteiger partial charge is 0.504 e. The summed E-state index contributed by atoms with van der Waals surface area (Å²) in [4.78, 5) is 0. The molecule has 4 heteroatoms. The van der Waals surface area contributed by atoms with E-state index in [9.17, 15) is 9.50 Å². The van der Waals surface area contributed by atoms with Crippen LogP contribution >= 0.6 is 23.2 Å². The summed E-state index contributed by atoms with van der Waals surface area (Å²) >= 11 is 11.8. The average Bonchev–Trinajstić information content (AvgIpc) is 2.26. The lowest BCUT2D eigenvalue weighted by Gasteiger charge is -2.07. The Balaban J connectivity index is 2.67. The second-order valence-corrected chi connectivity index (χ2v) is 4.10. The summed E-state index contributed by atoms with van der Waals surface area (Å²) in [6, 6.07) is 9.07. The molecular weight excluding hydrogens is 250 g/mol. The van der Waals surface area contributed by atoms with Gasteiger partial charge in [0.1, 0.15) is 0 Å². The molecule has 2 aromatic rings. The molecule has 0 radical (unpaired) electrons. The molecule has 0 aliphatic rings. The Morgan fingerprint density at radius 2 is 1.75 bits per heavy atom. The number of phenolic OH excluding ortho intramolecular Hbond substituents is 1. The molecule has 0 bridgehead atoms. The zero-order chi connectivity index (χ0) is 11.7. The van der Waals surface area contributed by atoms with Crippen LogP contribution < -0.4 is 0 Å². The number of aromatic hydroxyl groups is 1. The Labute approximate surface area is 102 Å². The normalized spacial score (nSPS) is 10.4. The van der Waals surface area contributed by atoms with Gasteiger partial charge >= 0.3 is 0 Å². The van der Waals surface area contributed by atoms with Gasteiger partial charge < -0.3 is 5.11 Å². The van der Waals surface area contributed by atoms with Crippen molar-refractivity contribution in [3.8, 4) is 16.9 Å². The second kappa shape index (κ2) is 4.32. The van der Waals surface area contributed by atoms with Crippen LogP contribution in [0.2, 0.25) is 10.0 Å². The van der Waals surface area contributed by atoms with E-state index in [1.165, 1.54) is 12.1 Å². The molecule has 0 aliphatic carbocycles. The molecule has 0 spiro atoms. The van der Waals surface area contributed by atoms with Crippen molar-refractivity contribution in [3.05, 3.63) is 52.3 Å². The summed E-state index contributed by atoms with van der Waals surface area (Å²) in [5, 5.41) is 10.5. The highest BCUT2D eigenvalue weighted by Gasteiger charge is 2.11. The number of rotatable bonds is 1. The maximum atomic E-state index is 13.2. The Kier molecular flexibility index (Phi) is 3.03.